The number of carbonyl (C=O) groups is 1. The number of carboxylic acid groups (broad SMARTS) is 1. The van der Waals surface area contributed by atoms with Crippen molar-refractivity contribution in [3.05, 3.63) is 0 Å². The fourth-order valence-corrected chi connectivity index (χ4v) is 2.48. The molecule has 1 saturated heterocycles. The molecule has 0 aliphatic carbocycles. The average Bonchev–Trinajstić information content (AvgIpc) is 2.03. The molecule has 0 aromatic carbocycles. The first-order chi connectivity index (χ1) is 6.09. The maximum Gasteiger partial charge on any atom is 0.303 e. The zero-order valence-electron chi connectivity index (χ0n) is 7.73. The van der Waals surface area contributed by atoms with E-state index in [4.69, 9.17) is 5.11 Å². The highest BCUT2D eigenvalue weighted by Crippen LogP contribution is 2.19. The summed E-state index contributed by atoms with van der Waals surface area (Å²) in [6, 6.07) is 0. The van der Waals surface area contributed by atoms with Crippen LogP contribution in [0.25, 0.3) is 0 Å². The molecular weight excluding hydrogens is 190 g/mol. The molecular formula is C8H15NO3S. The van der Waals surface area contributed by atoms with E-state index in [0.29, 0.717) is 6.54 Å². The first kappa shape index (κ1) is 10.7. The van der Waals surface area contributed by atoms with Gasteiger partial charge in [0.1, 0.15) is 0 Å². The summed E-state index contributed by atoms with van der Waals surface area (Å²) in [7, 11) is -0.947. The van der Waals surface area contributed by atoms with E-state index >= 15 is 0 Å². The lowest BCUT2D eigenvalue weighted by Gasteiger charge is -2.29. The molecule has 2 atom stereocenters. The molecule has 2 unspecified atom stereocenters. The minimum atomic E-state index is -0.947. The molecule has 0 saturated carbocycles. The number of piperidine rings is 1. The second-order valence-corrected chi connectivity index (χ2v) is 4.78. The van der Waals surface area contributed by atoms with Crippen molar-refractivity contribution in [3.8, 4) is 0 Å². The summed E-state index contributed by atoms with van der Waals surface area (Å²) < 4.78 is 13.0. The smallest absolute Gasteiger partial charge is 0.303 e. The Morgan fingerprint density at radius 3 is 2.92 bits per heavy atom. The molecule has 0 amide bonds. The fourth-order valence-electron chi connectivity index (χ4n) is 1.67. The third kappa shape index (κ3) is 3.44. The SMILES string of the molecule is CS(=O)N1CCCC(CC(=O)O)C1. The molecule has 1 N–H and O–H groups in total. The molecule has 1 aliphatic heterocycles. The summed E-state index contributed by atoms with van der Waals surface area (Å²) in [5, 5.41) is 8.60. The van der Waals surface area contributed by atoms with Crippen LogP contribution in [-0.4, -0.2) is 38.9 Å². The number of aliphatic carboxylic acids is 1. The average molecular weight is 205 g/mol. The number of hydrogen-bond donors (Lipinski definition) is 1. The molecule has 76 valence electrons. The number of rotatable bonds is 3. The van der Waals surface area contributed by atoms with Crippen molar-refractivity contribution < 1.29 is 14.1 Å². The molecule has 1 fully saturated rings. The van der Waals surface area contributed by atoms with Gasteiger partial charge in [-0.2, -0.15) is 0 Å². The molecule has 1 rings (SSSR count). The maximum absolute atomic E-state index is 11.1. The first-order valence-corrected chi connectivity index (χ1v) is 5.91. The summed E-state index contributed by atoms with van der Waals surface area (Å²) in [5.74, 6) is -0.580. The Kier molecular flexibility index (Phi) is 3.87. The molecule has 5 heteroatoms. The van der Waals surface area contributed by atoms with E-state index in [-0.39, 0.29) is 12.3 Å². The van der Waals surface area contributed by atoms with Crippen molar-refractivity contribution in [3.63, 3.8) is 0 Å². The largest absolute Gasteiger partial charge is 0.481 e. The van der Waals surface area contributed by atoms with Crippen LogP contribution in [0.4, 0.5) is 0 Å². The van der Waals surface area contributed by atoms with Crippen LogP contribution in [0.3, 0.4) is 0 Å². The van der Waals surface area contributed by atoms with Gasteiger partial charge in [0, 0.05) is 25.8 Å². The second-order valence-electron chi connectivity index (χ2n) is 3.42. The van der Waals surface area contributed by atoms with E-state index in [1.165, 1.54) is 0 Å². The Morgan fingerprint density at radius 1 is 1.69 bits per heavy atom. The van der Waals surface area contributed by atoms with Crippen molar-refractivity contribution >= 4 is 17.0 Å². The van der Waals surface area contributed by atoms with Crippen molar-refractivity contribution in [1.82, 2.24) is 4.31 Å². The quantitative estimate of drug-likeness (QED) is 0.728. The molecule has 0 radical (unpaired) electrons. The number of hydrogen-bond acceptors (Lipinski definition) is 2. The predicted molar refractivity (Wildman–Crippen MR) is 50.6 cm³/mol. The fraction of sp³-hybridized carbons (Fsp3) is 0.875. The van der Waals surface area contributed by atoms with Gasteiger partial charge >= 0.3 is 5.97 Å². The zero-order chi connectivity index (χ0) is 9.84. The van der Waals surface area contributed by atoms with Gasteiger partial charge in [-0.1, -0.05) is 0 Å². The lowest BCUT2D eigenvalue weighted by atomic mass is 9.96. The van der Waals surface area contributed by atoms with E-state index in [1.807, 2.05) is 4.31 Å². The van der Waals surface area contributed by atoms with Crippen molar-refractivity contribution in [2.75, 3.05) is 19.3 Å². The molecule has 0 aromatic heterocycles. The highest BCUT2D eigenvalue weighted by atomic mass is 32.2. The molecule has 13 heavy (non-hydrogen) atoms. The van der Waals surface area contributed by atoms with Gasteiger partial charge in [-0.25, -0.2) is 8.51 Å². The van der Waals surface area contributed by atoms with Crippen LogP contribution in [0.5, 0.6) is 0 Å². The summed E-state index contributed by atoms with van der Waals surface area (Å²) in [5.41, 5.74) is 0. The van der Waals surface area contributed by atoms with Gasteiger partial charge < -0.3 is 5.11 Å². The summed E-state index contributed by atoms with van der Waals surface area (Å²) in [4.78, 5) is 10.4. The molecule has 1 heterocycles. The zero-order valence-corrected chi connectivity index (χ0v) is 8.55. The van der Waals surface area contributed by atoms with E-state index < -0.39 is 17.0 Å². The summed E-state index contributed by atoms with van der Waals surface area (Å²) in [6.45, 7) is 1.49. The molecule has 0 aromatic rings. The summed E-state index contributed by atoms with van der Waals surface area (Å²) in [6.07, 6.45) is 3.74. The van der Waals surface area contributed by atoms with Gasteiger partial charge in [0.05, 0.1) is 11.0 Å². The minimum Gasteiger partial charge on any atom is -0.481 e. The highest BCUT2D eigenvalue weighted by molar-refractivity contribution is 7.81. The minimum absolute atomic E-state index is 0.176. The van der Waals surface area contributed by atoms with Gasteiger partial charge in [0.2, 0.25) is 0 Å². The van der Waals surface area contributed by atoms with Crippen LogP contribution < -0.4 is 0 Å². The first-order valence-electron chi connectivity index (χ1n) is 4.40. The Balaban J connectivity index is 2.41. The lowest BCUT2D eigenvalue weighted by molar-refractivity contribution is -0.138. The van der Waals surface area contributed by atoms with Gasteiger partial charge in [0.15, 0.2) is 0 Å². The Hall–Kier alpha value is -0.420. The third-order valence-electron chi connectivity index (χ3n) is 2.31. The normalized spacial score (nSPS) is 27.0. The number of carboxylic acids is 1. The van der Waals surface area contributed by atoms with Crippen LogP contribution in [-0.2, 0) is 15.8 Å². The maximum atomic E-state index is 11.1. The standard InChI is InChI=1S/C8H15NO3S/c1-13(12)9-4-2-3-7(6-9)5-8(10)11/h7H,2-6H2,1H3,(H,10,11). The van der Waals surface area contributed by atoms with Gasteiger partial charge in [-0.05, 0) is 18.8 Å². The van der Waals surface area contributed by atoms with Crippen LogP contribution in [0, 0.1) is 5.92 Å². The molecule has 1 aliphatic rings. The van der Waals surface area contributed by atoms with Crippen LogP contribution in [0.1, 0.15) is 19.3 Å². The van der Waals surface area contributed by atoms with E-state index in [0.717, 1.165) is 19.4 Å². The van der Waals surface area contributed by atoms with E-state index in [2.05, 4.69) is 0 Å². The molecule has 4 nitrogen and oxygen atoms in total. The van der Waals surface area contributed by atoms with E-state index in [1.54, 1.807) is 6.26 Å². The summed E-state index contributed by atoms with van der Waals surface area (Å²) >= 11 is 0. The molecule has 0 spiro atoms. The second kappa shape index (κ2) is 4.72. The van der Waals surface area contributed by atoms with Gasteiger partial charge in [-0.3, -0.25) is 4.79 Å². The van der Waals surface area contributed by atoms with Crippen molar-refractivity contribution in [2.24, 2.45) is 5.92 Å². The Morgan fingerprint density at radius 2 is 2.38 bits per heavy atom. The topological polar surface area (TPSA) is 57.6 Å². The number of nitrogens with zero attached hydrogens (tertiary/aromatic N) is 1. The molecule has 0 bridgehead atoms. The van der Waals surface area contributed by atoms with Crippen molar-refractivity contribution in [2.45, 2.75) is 19.3 Å². The predicted octanol–water partition coefficient (Wildman–Crippen LogP) is 0.467. The van der Waals surface area contributed by atoms with Crippen LogP contribution in [0.2, 0.25) is 0 Å². The Bertz CT molecular complexity index is 219. The van der Waals surface area contributed by atoms with Gasteiger partial charge in [0.25, 0.3) is 0 Å². The van der Waals surface area contributed by atoms with Crippen LogP contribution >= 0.6 is 0 Å². The Labute approximate surface area is 80.5 Å². The third-order valence-corrected chi connectivity index (χ3v) is 3.37. The highest BCUT2D eigenvalue weighted by Gasteiger charge is 2.23. The van der Waals surface area contributed by atoms with Gasteiger partial charge in [-0.15, -0.1) is 0 Å². The van der Waals surface area contributed by atoms with Crippen LogP contribution in [0.15, 0.2) is 0 Å². The van der Waals surface area contributed by atoms with Crippen molar-refractivity contribution in [1.29, 1.82) is 0 Å². The monoisotopic (exact) mass is 205 g/mol. The van der Waals surface area contributed by atoms with E-state index in [9.17, 15) is 9.00 Å². The lowest BCUT2D eigenvalue weighted by Crippen LogP contribution is -2.36.